The minimum Gasteiger partial charge on any atom is -0.462 e. The lowest BCUT2D eigenvalue weighted by Crippen LogP contribution is -2.37. The monoisotopic (exact) mass is 320 g/mol. The molecule has 1 atom stereocenters. The van der Waals surface area contributed by atoms with E-state index in [1.54, 1.807) is 6.08 Å². The third-order valence-electron chi connectivity index (χ3n) is 5.68. The van der Waals surface area contributed by atoms with Crippen LogP contribution < -0.4 is 0 Å². The molecule has 3 fully saturated rings. The fourth-order valence-corrected chi connectivity index (χ4v) is 4.00. The number of hydrogen-bond acceptors (Lipinski definition) is 4. The highest BCUT2D eigenvalue weighted by atomic mass is 16.6. The van der Waals surface area contributed by atoms with Gasteiger partial charge >= 0.3 is 11.9 Å². The van der Waals surface area contributed by atoms with E-state index in [1.165, 1.54) is 12.8 Å². The normalized spacial score (nSPS) is 27.9. The van der Waals surface area contributed by atoms with Crippen molar-refractivity contribution in [3.8, 4) is 0 Å². The van der Waals surface area contributed by atoms with Crippen molar-refractivity contribution in [1.82, 2.24) is 0 Å². The molecule has 23 heavy (non-hydrogen) atoms. The van der Waals surface area contributed by atoms with Crippen LogP contribution in [0.5, 0.6) is 0 Å². The van der Waals surface area contributed by atoms with Gasteiger partial charge in [-0.1, -0.05) is 18.9 Å². The number of ether oxygens (including phenoxy) is 2. The number of carbonyl (C=O) groups is 2. The van der Waals surface area contributed by atoms with E-state index in [0.717, 1.165) is 51.4 Å². The summed E-state index contributed by atoms with van der Waals surface area (Å²) in [5, 5.41) is 0. The number of allylic oxidation sites excluding steroid dienone is 1. The van der Waals surface area contributed by atoms with Gasteiger partial charge in [-0.15, -0.1) is 6.58 Å². The molecule has 0 aromatic heterocycles. The summed E-state index contributed by atoms with van der Waals surface area (Å²) in [4.78, 5) is 25.4. The average Bonchev–Trinajstić information content (AvgIpc) is 3.33. The standard InChI is InChI=1S/C19H28O4/c1-2-14-13-19(14,17(20)22-15-9-5-3-6-10-15)18(21)23-16-11-7-4-8-12-16/h2,14-16H,1,3-13H2. The van der Waals surface area contributed by atoms with Gasteiger partial charge in [0.25, 0.3) is 0 Å². The first-order valence-electron chi connectivity index (χ1n) is 9.21. The van der Waals surface area contributed by atoms with Gasteiger partial charge in [-0.2, -0.15) is 0 Å². The molecule has 0 aromatic rings. The van der Waals surface area contributed by atoms with Gasteiger partial charge in [0.05, 0.1) is 0 Å². The minimum atomic E-state index is -1.10. The second-order valence-electron chi connectivity index (χ2n) is 7.35. The van der Waals surface area contributed by atoms with Crippen LogP contribution in [0.3, 0.4) is 0 Å². The molecular weight excluding hydrogens is 292 g/mol. The summed E-state index contributed by atoms with van der Waals surface area (Å²) in [6, 6.07) is 0. The van der Waals surface area contributed by atoms with Crippen molar-refractivity contribution in [3.63, 3.8) is 0 Å². The van der Waals surface area contributed by atoms with Gasteiger partial charge < -0.3 is 9.47 Å². The molecule has 3 saturated carbocycles. The lowest BCUT2D eigenvalue weighted by atomic mass is 9.96. The maximum atomic E-state index is 12.7. The summed E-state index contributed by atoms with van der Waals surface area (Å²) in [5.41, 5.74) is -1.10. The summed E-state index contributed by atoms with van der Waals surface area (Å²) < 4.78 is 11.3. The molecule has 3 rings (SSSR count). The van der Waals surface area contributed by atoms with Crippen molar-refractivity contribution in [2.75, 3.05) is 0 Å². The lowest BCUT2D eigenvalue weighted by Gasteiger charge is -2.27. The molecule has 4 nitrogen and oxygen atoms in total. The van der Waals surface area contributed by atoms with Gasteiger partial charge in [0.1, 0.15) is 12.2 Å². The van der Waals surface area contributed by atoms with Gasteiger partial charge in [0, 0.05) is 5.92 Å². The lowest BCUT2D eigenvalue weighted by molar-refractivity contribution is -0.173. The van der Waals surface area contributed by atoms with E-state index < -0.39 is 5.41 Å². The first-order valence-corrected chi connectivity index (χ1v) is 9.21. The molecule has 0 aliphatic heterocycles. The van der Waals surface area contributed by atoms with Crippen molar-refractivity contribution in [2.45, 2.75) is 82.8 Å². The summed E-state index contributed by atoms with van der Waals surface area (Å²) in [6.45, 7) is 3.76. The molecule has 4 heteroatoms. The van der Waals surface area contributed by atoms with Crippen LogP contribution >= 0.6 is 0 Å². The highest BCUT2D eigenvalue weighted by Gasteiger charge is 2.67. The highest BCUT2D eigenvalue weighted by Crippen LogP contribution is 2.55. The molecule has 0 bridgehead atoms. The van der Waals surface area contributed by atoms with Crippen LogP contribution in [0, 0.1) is 11.3 Å². The van der Waals surface area contributed by atoms with E-state index in [0.29, 0.717) is 6.42 Å². The Morgan fingerprint density at radius 3 is 1.61 bits per heavy atom. The fraction of sp³-hybridized carbons (Fsp3) is 0.789. The number of rotatable bonds is 5. The Hall–Kier alpha value is -1.32. The Morgan fingerprint density at radius 1 is 0.826 bits per heavy atom. The Balaban J connectivity index is 1.62. The van der Waals surface area contributed by atoms with Crippen LogP contribution in [0.4, 0.5) is 0 Å². The molecule has 128 valence electrons. The van der Waals surface area contributed by atoms with E-state index in [4.69, 9.17) is 9.47 Å². The molecule has 1 unspecified atom stereocenters. The van der Waals surface area contributed by atoms with Gasteiger partial charge in [-0.25, -0.2) is 0 Å². The molecule has 0 aromatic carbocycles. The molecule has 0 spiro atoms. The summed E-state index contributed by atoms with van der Waals surface area (Å²) in [7, 11) is 0. The van der Waals surface area contributed by atoms with Gasteiger partial charge in [-0.05, 0) is 57.8 Å². The third kappa shape index (κ3) is 3.46. The SMILES string of the molecule is C=CC1CC1(C(=O)OC1CCCCC1)C(=O)OC1CCCCC1. The van der Waals surface area contributed by atoms with E-state index in [2.05, 4.69) is 6.58 Å². The quantitative estimate of drug-likeness (QED) is 0.437. The molecule has 0 amide bonds. The van der Waals surface area contributed by atoms with E-state index in [1.807, 2.05) is 0 Å². The second-order valence-corrected chi connectivity index (χ2v) is 7.35. The zero-order chi connectivity index (χ0) is 16.3. The summed E-state index contributed by atoms with van der Waals surface area (Å²) >= 11 is 0. The zero-order valence-corrected chi connectivity index (χ0v) is 13.9. The number of hydrogen-bond donors (Lipinski definition) is 0. The van der Waals surface area contributed by atoms with Crippen LogP contribution in [0.25, 0.3) is 0 Å². The third-order valence-corrected chi connectivity index (χ3v) is 5.68. The zero-order valence-electron chi connectivity index (χ0n) is 13.9. The summed E-state index contributed by atoms with van der Waals surface area (Å²) in [6.07, 6.45) is 12.6. The van der Waals surface area contributed by atoms with E-state index in [-0.39, 0.29) is 30.1 Å². The van der Waals surface area contributed by atoms with Crippen LogP contribution in [-0.4, -0.2) is 24.1 Å². The smallest absolute Gasteiger partial charge is 0.324 e. The van der Waals surface area contributed by atoms with Crippen molar-refractivity contribution < 1.29 is 19.1 Å². The minimum absolute atomic E-state index is 0.0262. The second kappa shape index (κ2) is 7.06. The molecule has 0 N–H and O–H groups in total. The molecule has 0 radical (unpaired) electrons. The summed E-state index contributed by atoms with van der Waals surface area (Å²) in [5.74, 6) is -0.889. The van der Waals surface area contributed by atoms with Crippen molar-refractivity contribution in [1.29, 1.82) is 0 Å². The van der Waals surface area contributed by atoms with Crippen LogP contribution in [0.15, 0.2) is 12.7 Å². The Morgan fingerprint density at radius 2 is 1.26 bits per heavy atom. The fourth-order valence-electron chi connectivity index (χ4n) is 4.00. The van der Waals surface area contributed by atoms with Gasteiger partial charge in [0.15, 0.2) is 5.41 Å². The van der Waals surface area contributed by atoms with Crippen molar-refractivity contribution in [3.05, 3.63) is 12.7 Å². The molecule has 3 aliphatic carbocycles. The maximum Gasteiger partial charge on any atom is 0.324 e. The number of esters is 2. The van der Waals surface area contributed by atoms with Crippen LogP contribution in [0.1, 0.15) is 70.6 Å². The largest absolute Gasteiger partial charge is 0.462 e. The van der Waals surface area contributed by atoms with Crippen molar-refractivity contribution >= 4 is 11.9 Å². The van der Waals surface area contributed by atoms with E-state index >= 15 is 0 Å². The van der Waals surface area contributed by atoms with Gasteiger partial charge in [-0.3, -0.25) is 9.59 Å². The predicted octanol–water partition coefficient (Wildman–Crippen LogP) is 3.93. The van der Waals surface area contributed by atoms with E-state index in [9.17, 15) is 9.59 Å². The molecule has 3 aliphatic rings. The molecule has 0 saturated heterocycles. The average molecular weight is 320 g/mol. The highest BCUT2D eigenvalue weighted by molar-refractivity contribution is 6.04. The predicted molar refractivity (Wildman–Crippen MR) is 86.7 cm³/mol. The maximum absolute atomic E-state index is 12.7. The first kappa shape index (κ1) is 16.5. The number of carbonyl (C=O) groups excluding carboxylic acids is 2. The molecule has 0 heterocycles. The molecular formula is C19H28O4. The topological polar surface area (TPSA) is 52.6 Å². The Kier molecular flexibility index (Phi) is 5.08. The van der Waals surface area contributed by atoms with Crippen LogP contribution in [0.2, 0.25) is 0 Å². The van der Waals surface area contributed by atoms with Gasteiger partial charge in [0.2, 0.25) is 0 Å². The Bertz CT molecular complexity index is 426. The first-order chi connectivity index (χ1) is 11.2. The van der Waals surface area contributed by atoms with Crippen molar-refractivity contribution in [2.24, 2.45) is 11.3 Å². The van der Waals surface area contributed by atoms with Crippen LogP contribution in [-0.2, 0) is 19.1 Å². The Labute approximate surface area is 138 Å².